The summed E-state index contributed by atoms with van der Waals surface area (Å²) in [6.45, 7) is 0. The van der Waals surface area contributed by atoms with E-state index in [2.05, 4.69) is 15.3 Å². The number of H-pyrrole nitrogens is 1. The first-order valence-electron chi connectivity index (χ1n) is 6.27. The van der Waals surface area contributed by atoms with Crippen LogP contribution in [0.3, 0.4) is 0 Å². The molecule has 20 heavy (non-hydrogen) atoms. The van der Waals surface area contributed by atoms with Gasteiger partial charge in [-0.25, -0.2) is 0 Å². The lowest BCUT2D eigenvalue weighted by molar-refractivity contribution is -0.115. The van der Waals surface area contributed by atoms with E-state index in [0.717, 1.165) is 33.4 Å². The summed E-state index contributed by atoms with van der Waals surface area (Å²) in [5.41, 5.74) is 4.56. The van der Waals surface area contributed by atoms with Gasteiger partial charge in [-0.15, -0.1) is 0 Å². The van der Waals surface area contributed by atoms with E-state index in [4.69, 9.17) is 11.6 Å². The molecular weight excluding hydrogens is 274 g/mol. The minimum Gasteiger partial charge on any atom is -0.354 e. The number of amides is 1. The van der Waals surface area contributed by atoms with Gasteiger partial charge in [-0.1, -0.05) is 11.6 Å². The number of anilines is 1. The second-order valence-corrected chi connectivity index (χ2v) is 5.25. The standard InChI is InChI=1S/C15H10ClN3O/c16-8-1-2-12-9(5-8)10-6-14(20)18-13-3-4-17-7-11(13)15(10)19-12/h1-5,7,19H,6H2,(H,18,20). The van der Waals surface area contributed by atoms with Gasteiger partial charge in [-0.05, 0) is 29.8 Å². The molecule has 1 aliphatic rings. The fourth-order valence-corrected chi connectivity index (χ4v) is 2.86. The highest BCUT2D eigenvalue weighted by Crippen LogP contribution is 2.37. The van der Waals surface area contributed by atoms with Crippen molar-refractivity contribution in [3.63, 3.8) is 0 Å². The van der Waals surface area contributed by atoms with Crippen LogP contribution in [-0.4, -0.2) is 15.9 Å². The van der Waals surface area contributed by atoms with Gasteiger partial charge < -0.3 is 10.3 Å². The zero-order valence-electron chi connectivity index (χ0n) is 10.4. The summed E-state index contributed by atoms with van der Waals surface area (Å²) < 4.78 is 0. The monoisotopic (exact) mass is 283 g/mol. The molecule has 1 amide bonds. The molecule has 98 valence electrons. The second kappa shape index (κ2) is 4.08. The molecule has 4 rings (SSSR count). The van der Waals surface area contributed by atoms with Crippen molar-refractivity contribution in [3.8, 4) is 11.3 Å². The van der Waals surface area contributed by atoms with Gasteiger partial charge in [-0.2, -0.15) is 0 Å². The molecule has 0 radical (unpaired) electrons. The molecule has 0 saturated carbocycles. The van der Waals surface area contributed by atoms with Crippen molar-refractivity contribution in [1.82, 2.24) is 9.97 Å². The number of benzene rings is 1. The molecule has 0 fully saturated rings. The van der Waals surface area contributed by atoms with Crippen LogP contribution < -0.4 is 5.32 Å². The number of nitrogens with one attached hydrogen (secondary N) is 2. The van der Waals surface area contributed by atoms with E-state index in [1.165, 1.54) is 0 Å². The second-order valence-electron chi connectivity index (χ2n) is 4.81. The van der Waals surface area contributed by atoms with Crippen molar-refractivity contribution in [2.24, 2.45) is 0 Å². The lowest BCUT2D eigenvalue weighted by atomic mass is 10.0. The average Bonchev–Trinajstić information content (AvgIpc) is 2.70. The van der Waals surface area contributed by atoms with Crippen LogP contribution in [0.4, 0.5) is 5.69 Å². The molecule has 0 spiro atoms. The van der Waals surface area contributed by atoms with E-state index in [1.807, 2.05) is 18.2 Å². The Kier molecular flexibility index (Phi) is 2.35. The highest BCUT2D eigenvalue weighted by molar-refractivity contribution is 6.31. The Bertz CT molecular complexity index is 853. The molecule has 3 heterocycles. The van der Waals surface area contributed by atoms with Crippen molar-refractivity contribution in [2.45, 2.75) is 6.42 Å². The number of rotatable bonds is 0. The van der Waals surface area contributed by atoms with Crippen molar-refractivity contribution in [1.29, 1.82) is 0 Å². The number of carbonyl (C=O) groups excluding carboxylic acids is 1. The highest BCUT2D eigenvalue weighted by Gasteiger charge is 2.22. The number of nitrogens with zero attached hydrogens (tertiary/aromatic N) is 1. The number of carbonyl (C=O) groups is 1. The first-order chi connectivity index (χ1) is 9.72. The van der Waals surface area contributed by atoms with Gasteiger partial charge in [0.1, 0.15) is 0 Å². The Morgan fingerprint density at radius 1 is 1.25 bits per heavy atom. The van der Waals surface area contributed by atoms with Gasteiger partial charge in [-0.3, -0.25) is 9.78 Å². The minimum atomic E-state index is -0.0305. The number of fused-ring (bicyclic) bond motifs is 5. The SMILES string of the molecule is O=C1Cc2c([nH]c3ccc(Cl)cc23)-c2cnccc2N1. The summed E-state index contributed by atoms with van der Waals surface area (Å²) in [5, 5.41) is 4.55. The third kappa shape index (κ3) is 1.62. The summed E-state index contributed by atoms with van der Waals surface area (Å²) >= 11 is 6.07. The Balaban J connectivity index is 2.10. The third-order valence-corrected chi connectivity index (χ3v) is 3.81. The Morgan fingerprint density at radius 2 is 2.15 bits per heavy atom. The zero-order valence-corrected chi connectivity index (χ0v) is 11.2. The van der Waals surface area contributed by atoms with Crippen molar-refractivity contribution >= 4 is 34.1 Å². The van der Waals surface area contributed by atoms with Gasteiger partial charge in [0, 0.05) is 33.9 Å². The smallest absolute Gasteiger partial charge is 0.228 e. The van der Waals surface area contributed by atoms with E-state index in [0.29, 0.717) is 11.4 Å². The first-order valence-corrected chi connectivity index (χ1v) is 6.64. The lowest BCUT2D eigenvalue weighted by Gasteiger charge is -2.04. The van der Waals surface area contributed by atoms with Crippen LogP contribution in [0.1, 0.15) is 5.56 Å². The predicted molar refractivity (Wildman–Crippen MR) is 78.9 cm³/mol. The minimum absolute atomic E-state index is 0.0305. The van der Waals surface area contributed by atoms with Crippen molar-refractivity contribution in [2.75, 3.05) is 5.32 Å². The summed E-state index contributed by atoms with van der Waals surface area (Å²) in [7, 11) is 0. The molecular formula is C15H10ClN3O. The highest BCUT2D eigenvalue weighted by atomic mass is 35.5. The maximum atomic E-state index is 12.1. The Morgan fingerprint density at radius 3 is 3.05 bits per heavy atom. The van der Waals surface area contributed by atoms with Crippen molar-refractivity contribution in [3.05, 3.63) is 47.2 Å². The van der Waals surface area contributed by atoms with E-state index in [1.54, 1.807) is 18.5 Å². The van der Waals surface area contributed by atoms with Crippen LogP contribution in [-0.2, 0) is 11.2 Å². The third-order valence-electron chi connectivity index (χ3n) is 3.57. The van der Waals surface area contributed by atoms with Crippen LogP contribution in [0.2, 0.25) is 5.02 Å². The number of halogens is 1. The number of hydrogen-bond donors (Lipinski definition) is 2. The van der Waals surface area contributed by atoms with Crippen LogP contribution in [0.5, 0.6) is 0 Å². The molecule has 1 aromatic carbocycles. The van der Waals surface area contributed by atoms with Gasteiger partial charge in [0.15, 0.2) is 0 Å². The van der Waals surface area contributed by atoms with E-state index >= 15 is 0 Å². The molecule has 0 saturated heterocycles. The summed E-state index contributed by atoms with van der Waals surface area (Å²) in [6.07, 6.45) is 3.75. The maximum Gasteiger partial charge on any atom is 0.228 e. The van der Waals surface area contributed by atoms with Gasteiger partial charge in [0.05, 0.1) is 17.8 Å². The number of hydrogen-bond acceptors (Lipinski definition) is 2. The Labute approximate surface area is 119 Å². The van der Waals surface area contributed by atoms with Gasteiger partial charge in [0.2, 0.25) is 5.91 Å². The molecule has 5 heteroatoms. The van der Waals surface area contributed by atoms with Gasteiger partial charge >= 0.3 is 0 Å². The fraction of sp³-hybridized carbons (Fsp3) is 0.0667. The number of aromatic nitrogens is 2. The molecule has 4 nitrogen and oxygen atoms in total. The Hall–Kier alpha value is -2.33. The van der Waals surface area contributed by atoms with Crippen LogP contribution in [0.15, 0.2) is 36.7 Å². The molecule has 0 bridgehead atoms. The van der Waals surface area contributed by atoms with Crippen LogP contribution in [0, 0.1) is 0 Å². The largest absolute Gasteiger partial charge is 0.354 e. The van der Waals surface area contributed by atoms with Crippen molar-refractivity contribution < 1.29 is 4.79 Å². The molecule has 1 aliphatic heterocycles. The van der Waals surface area contributed by atoms with E-state index in [9.17, 15) is 4.79 Å². The molecule has 0 aliphatic carbocycles. The fourth-order valence-electron chi connectivity index (χ4n) is 2.69. The number of pyridine rings is 1. The molecule has 3 aromatic rings. The van der Waals surface area contributed by atoms with E-state index < -0.39 is 0 Å². The molecule has 2 aromatic heterocycles. The topological polar surface area (TPSA) is 57.8 Å². The van der Waals surface area contributed by atoms with Crippen LogP contribution >= 0.6 is 11.6 Å². The summed E-state index contributed by atoms with van der Waals surface area (Å²) in [5.74, 6) is -0.0305. The average molecular weight is 284 g/mol. The first kappa shape index (κ1) is 11.5. The zero-order chi connectivity index (χ0) is 13.7. The van der Waals surface area contributed by atoms with E-state index in [-0.39, 0.29) is 5.91 Å². The maximum absolute atomic E-state index is 12.1. The lowest BCUT2D eigenvalue weighted by Crippen LogP contribution is -2.12. The molecule has 2 N–H and O–H groups in total. The normalized spacial score (nSPS) is 13.6. The quantitative estimate of drug-likeness (QED) is 0.664. The predicted octanol–water partition coefficient (Wildman–Crippen LogP) is 3.38. The summed E-state index contributed by atoms with van der Waals surface area (Å²) in [6, 6.07) is 7.46. The van der Waals surface area contributed by atoms with Crippen LogP contribution in [0.25, 0.3) is 22.2 Å². The number of aromatic amines is 1. The molecule has 0 unspecified atom stereocenters. The molecule has 0 atom stereocenters. The summed E-state index contributed by atoms with van der Waals surface area (Å²) in [4.78, 5) is 19.6. The van der Waals surface area contributed by atoms with Gasteiger partial charge in [0.25, 0.3) is 0 Å².